The van der Waals surface area contributed by atoms with Crippen LogP contribution in [0.15, 0.2) is 24.3 Å². The van der Waals surface area contributed by atoms with Crippen molar-refractivity contribution in [3.05, 3.63) is 35.8 Å². The van der Waals surface area contributed by atoms with E-state index in [2.05, 4.69) is 20.6 Å². The van der Waals surface area contributed by atoms with E-state index in [1.807, 2.05) is 18.2 Å². The molecule has 27 heavy (non-hydrogen) atoms. The van der Waals surface area contributed by atoms with Crippen molar-refractivity contribution in [1.82, 2.24) is 15.3 Å². The minimum atomic E-state index is -0.159. The monoisotopic (exact) mass is 370 g/mol. The number of carbonyl (C=O) groups is 1. The summed E-state index contributed by atoms with van der Waals surface area (Å²) in [4.78, 5) is 21.3. The molecule has 1 aliphatic rings. The second-order valence-electron chi connectivity index (χ2n) is 6.69. The molecule has 2 N–H and O–H groups in total. The molecule has 1 heterocycles. The van der Waals surface area contributed by atoms with Crippen molar-refractivity contribution < 1.29 is 14.3 Å². The summed E-state index contributed by atoms with van der Waals surface area (Å²) in [5.74, 6) is 2.24. The Hall–Kier alpha value is -2.83. The number of nitrogens with one attached hydrogen (secondary N) is 2. The van der Waals surface area contributed by atoms with E-state index in [1.165, 1.54) is 6.42 Å². The summed E-state index contributed by atoms with van der Waals surface area (Å²) in [6.07, 6.45) is 5.63. The van der Waals surface area contributed by atoms with Crippen LogP contribution >= 0.6 is 0 Å². The minimum absolute atomic E-state index is 0.159. The summed E-state index contributed by atoms with van der Waals surface area (Å²) < 4.78 is 10.7. The molecular weight excluding hydrogens is 344 g/mol. The fraction of sp³-hybridized carbons (Fsp3) is 0.450. The van der Waals surface area contributed by atoms with E-state index in [4.69, 9.17) is 9.47 Å². The Kier molecular flexibility index (Phi) is 6.11. The first-order valence-corrected chi connectivity index (χ1v) is 9.24. The Morgan fingerprint density at radius 3 is 2.56 bits per heavy atom. The molecule has 2 aromatic rings. The van der Waals surface area contributed by atoms with E-state index in [0.29, 0.717) is 34.5 Å². The van der Waals surface area contributed by atoms with E-state index >= 15 is 0 Å². The smallest absolute Gasteiger partial charge is 0.270 e. The molecule has 1 saturated carbocycles. The summed E-state index contributed by atoms with van der Waals surface area (Å²) in [6.45, 7) is 1.77. The second-order valence-corrected chi connectivity index (χ2v) is 6.69. The van der Waals surface area contributed by atoms with E-state index in [-0.39, 0.29) is 11.9 Å². The molecule has 3 rings (SSSR count). The Morgan fingerprint density at radius 2 is 1.85 bits per heavy atom. The fourth-order valence-corrected chi connectivity index (χ4v) is 3.30. The van der Waals surface area contributed by atoms with Crippen LogP contribution in [0.1, 0.15) is 48.4 Å². The quantitative estimate of drug-likeness (QED) is 0.808. The zero-order chi connectivity index (χ0) is 19.2. The molecule has 0 unspecified atom stereocenters. The van der Waals surface area contributed by atoms with Gasteiger partial charge in [0.25, 0.3) is 5.91 Å². The molecule has 7 heteroatoms. The number of methoxy groups -OCH3 is 2. The van der Waals surface area contributed by atoms with Gasteiger partial charge in [0, 0.05) is 18.2 Å². The van der Waals surface area contributed by atoms with Gasteiger partial charge in [0.2, 0.25) is 0 Å². The van der Waals surface area contributed by atoms with Crippen LogP contribution in [0.4, 0.5) is 11.5 Å². The zero-order valence-electron chi connectivity index (χ0n) is 16.0. The third kappa shape index (κ3) is 4.87. The number of carbonyl (C=O) groups excluding carboxylic acids is 1. The number of benzene rings is 1. The zero-order valence-corrected chi connectivity index (χ0v) is 16.0. The van der Waals surface area contributed by atoms with Crippen molar-refractivity contribution in [3.63, 3.8) is 0 Å². The normalized spacial score (nSPS) is 14.5. The maximum Gasteiger partial charge on any atom is 0.270 e. The van der Waals surface area contributed by atoms with Gasteiger partial charge in [-0.1, -0.05) is 19.3 Å². The maximum atomic E-state index is 12.6. The minimum Gasteiger partial charge on any atom is -0.497 e. The highest BCUT2D eigenvalue weighted by Crippen LogP contribution is 2.31. The molecule has 0 spiro atoms. The van der Waals surface area contributed by atoms with Gasteiger partial charge in [-0.05, 0) is 31.9 Å². The number of ether oxygens (including phenoxy) is 2. The van der Waals surface area contributed by atoms with E-state index in [9.17, 15) is 4.79 Å². The Morgan fingerprint density at radius 1 is 1.07 bits per heavy atom. The molecule has 0 bridgehead atoms. The van der Waals surface area contributed by atoms with Gasteiger partial charge in [0.1, 0.15) is 28.8 Å². The number of nitrogens with zero attached hydrogens (tertiary/aromatic N) is 2. The average molecular weight is 370 g/mol. The van der Waals surface area contributed by atoms with Gasteiger partial charge in [0.05, 0.1) is 19.9 Å². The molecule has 1 aromatic heterocycles. The molecule has 7 nitrogen and oxygen atoms in total. The predicted octanol–water partition coefficient (Wildman–Crippen LogP) is 3.61. The largest absolute Gasteiger partial charge is 0.497 e. The number of amides is 1. The van der Waals surface area contributed by atoms with Gasteiger partial charge in [0.15, 0.2) is 0 Å². The van der Waals surface area contributed by atoms with Crippen molar-refractivity contribution in [2.24, 2.45) is 0 Å². The number of hydrogen-bond acceptors (Lipinski definition) is 6. The first-order valence-electron chi connectivity index (χ1n) is 9.24. The van der Waals surface area contributed by atoms with Crippen molar-refractivity contribution in [2.45, 2.75) is 45.1 Å². The Labute approximate surface area is 159 Å². The van der Waals surface area contributed by atoms with Gasteiger partial charge in [-0.2, -0.15) is 0 Å². The van der Waals surface area contributed by atoms with Crippen LogP contribution in [0.2, 0.25) is 0 Å². The first-order chi connectivity index (χ1) is 13.1. The topological polar surface area (TPSA) is 85.4 Å². The van der Waals surface area contributed by atoms with Crippen LogP contribution in [-0.4, -0.2) is 36.1 Å². The van der Waals surface area contributed by atoms with Crippen molar-refractivity contribution in [1.29, 1.82) is 0 Å². The molecule has 0 aliphatic heterocycles. The molecule has 0 atom stereocenters. The van der Waals surface area contributed by atoms with Crippen molar-refractivity contribution in [2.75, 3.05) is 19.5 Å². The fourth-order valence-electron chi connectivity index (χ4n) is 3.30. The summed E-state index contributed by atoms with van der Waals surface area (Å²) in [5, 5.41) is 6.29. The number of aromatic nitrogens is 2. The third-order valence-electron chi connectivity index (χ3n) is 4.68. The summed E-state index contributed by atoms with van der Waals surface area (Å²) >= 11 is 0. The summed E-state index contributed by atoms with van der Waals surface area (Å²) in [6, 6.07) is 7.34. The Bertz CT molecular complexity index is 804. The maximum absolute atomic E-state index is 12.6. The van der Waals surface area contributed by atoms with E-state index in [1.54, 1.807) is 27.2 Å². The molecule has 1 amide bonds. The molecule has 1 fully saturated rings. The highest BCUT2D eigenvalue weighted by atomic mass is 16.5. The van der Waals surface area contributed by atoms with Crippen molar-refractivity contribution >= 4 is 17.4 Å². The van der Waals surface area contributed by atoms with Crippen LogP contribution < -0.4 is 20.1 Å². The summed E-state index contributed by atoms with van der Waals surface area (Å²) in [5.41, 5.74) is 1.06. The van der Waals surface area contributed by atoms with E-state index in [0.717, 1.165) is 25.7 Å². The predicted molar refractivity (Wildman–Crippen MR) is 104 cm³/mol. The standard InChI is InChI=1S/C20H26N4O3/c1-13-21-17(20(25)23-14-7-5-4-6-8-14)12-19(22-13)24-16-11-15(26-2)9-10-18(16)27-3/h9-12,14H,4-8H2,1-3H3,(H,23,25)(H,21,22,24). The molecule has 144 valence electrons. The van der Waals surface area contributed by atoms with Crippen LogP contribution in [0.5, 0.6) is 11.5 Å². The SMILES string of the molecule is COc1ccc(OC)c(Nc2cc(C(=O)NC3CCCCC3)nc(C)n2)c1. The third-order valence-corrected chi connectivity index (χ3v) is 4.68. The van der Waals surface area contributed by atoms with Crippen molar-refractivity contribution in [3.8, 4) is 11.5 Å². The molecule has 1 aliphatic carbocycles. The van der Waals surface area contributed by atoms with Gasteiger partial charge < -0.3 is 20.1 Å². The molecule has 0 radical (unpaired) electrons. The van der Waals surface area contributed by atoms with Crippen LogP contribution in [-0.2, 0) is 0 Å². The lowest BCUT2D eigenvalue weighted by Gasteiger charge is -2.22. The first kappa shape index (κ1) is 18.9. The molecule has 1 aromatic carbocycles. The number of anilines is 2. The lowest BCUT2D eigenvalue weighted by atomic mass is 9.95. The lowest BCUT2D eigenvalue weighted by Crippen LogP contribution is -2.36. The number of hydrogen-bond donors (Lipinski definition) is 2. The second kappa shape index (κ2) is 8.70. The van der Waals surface area contributed by atoms with Crippen LogP contribution in [0.3, 0.4) is 0 Å². The number of rotatable bonds is 6. The lowest BCUT2D eigenvalue weighted by molar-refractivity contribution is 0.0922. The van der Waals surface area contributed by atoms with Crippen LogP contribution in [0.25, 0.3) is 0 Å². The molecular formula is C20H26N4O3. The summed E-state index contributed by atoms with van der Waals surface area (Å²) in [7, 11) is 3.20. The van der Waals surface area contributed by atoms with Gasteiger partial charge in [-0.15, -0.1) is 0 Å². The van der Waals surface area contributed by atoms with Crippen LogP contribution in [0, 0.1) is 6.92 Å². The van der Waals surface area contributed by atoms with Gasteiger partial charge in [-0.3, -0.25) is 4.79 Å². The van der Waals surface area contributed by atoms with Gasteiger partial charge in [-0.25, -0.2) is 9.97 Å². The van der Waals surface area contributed by atoms with E-state index < -0.39 is 0 Å². The van der Waals surface area contributed by atoms with Gasteiger partial charge >= 0.3 is 0 Å². The highest BCUT2D eigenvalue weighted by molar-refractivity contribution is 5.93. The Balaban J connectivity index is 1.80. The average Bonchev–Trinajstić information content (AvgIpc) is 2.68. The molecule has 0 saturated heterocycles. The number of aryl methyl sites for hydroxylation is 1. The highest BCUT2D eigenvalue weighted by Gasteiger charge is 2.18.